The van der Waals surface area contributed by atoms with Crippen molar-refractivity contribution in [3.63, 3.8) is 0 Å². The minimum absolute atomic E-state index is 0.0322. The minimum atomic E-state index is 0.0322. The topological polar surface area (TPSA) is 35.5 Å². The van der Waals surface area contributed by atoms with Crippen LogP contribution in [0.4, 0.5) is 0 Å². The lowest BCUT2D eigenvalue weighted by Gasteiger charge is -2.21. The Balaban J connectivity index is 2.53. The van der Waals surface area contributed by atoms with Gasteiger partial charge in [-0.3, -0.25) is 0 Å². The van der Waals surface area contributed by atoms with Gasteiger partial charge in [0.25, 0.3) is 0 Å². The first-order chi connectivity index (χ1) is 9.21. The van der Waals surface area contributed by atoms with Crippen LogP contribution in [0.5, 0.6) is 5.75 Å². The molecular formula is C16H22O3. The molecule has 0 aromatic heterocycles. The van der Waals surface area contributed by atoms with E-state index in [1.165, 1.54) is 0 Å². The number of carbonyl (C=O) groups is 1. The highest BCUT2D eigenvalue weighted by Crippen LogP contribution is 2.18. The molecule has 0 saturated heterocycles. The van der Waals surface area contributed by atoms with E-state index < -0.39 is 0 Å². The molecule has 19 heavy (non-hydrogen) atoms. The monoisotopic (exact) mass is 262 g/mol. The molecule has 0 aliphatic rings. The summed E-state index contributed by atoms with van der Waals surface area (Å²) in [5.74, 6) is 1.07. The van der Waals surface area contributed by atoms with Gasteiger partial charge in [-0.2, -0.15) is 0 Å². The summed E-state index contributed by atoms with van der Waals surface area (Å²) in [6.07, 6.45) is 4.08. The van der Waals surface area contributed by atoms with Gasteiger partial charge in [0.1, 0.15) is 12.0 Å². The second kappa shape index (κ2) is 8.48. The van der Waals surface area contributed by atoms with Crippen molar-refractivity contribution in [2.45, 2.75) is 32.5 Å². The van der Waals surface area contributed by atoms with Gasteiger partial charge in [0, 0.05) is 6.42 Å². The fourth-order valence-corrected chi connectivity index (χ4v) is 1.81. The predicted molar refractivity (Wildman–Crippen MR) is 76.2 cm³/mol. The zero-order chi connectivity index (χ0) is 14.1. The van der Waals surface area contributed by atoms with E-state index in [2.05, 4.69) is 13.5 Å². The van der Waals surface area contributed by atoms with Gasteiger partial charge in [0.05, 0.1) is 19.8 Å². The maximum atomic E-state index is 10.5. The van der Waals surface area contributed by atoms with E-state index in [-0.39, 0.29) is 12.0 Å². The van der Waals surface area contributed by atoms with Crippen molar-refractivity contribution < 1.29 is 14.3 Å². The Kier molecular flexibility index (Phi) is 6.90. The van der Waals surface area contributed by atoms with Crippen molar-refractivity contribution in [3.05, 3.63) is 42.5 Å². The Hall–Kier alpha value is -1.61. The zero-order valence-electron chi connectivity index (χ0n) is 11.7. The van der Waals surface area contributed by atoms with Crippen LogP contribution in [-0.4, -0.2) is 19.5 Å². The molecule has 0 amide bonds. The number of benzene rings is 1. The Morgan fingerprint density at radius 3 is 2.53 bits per heavy atom. The maximum absolute atomic E-state index is 10.5. The molecule has 104 valence electrons. The van der Waals surface area contributed by atoms with Crippen LogP contribution in [0, 0.1) is 5.92 Å². The van der Waals surface area contributed by atoms with E-state index in [4.69, 9.17) is 9.47 Å². The van der Waals surface area contributed by atoms with Crippen molar-refractivity contribution in [1.82, 2.24) is 0 Å². The molecule has 2 atom stereocenters. The molecule has 0 aliphatic heterocycles. The van der Waals surface area contributed by atoms with Gasteiger partial charge in [-0.25, -0.2) is 0 Å². The number of hydrogen-bond acceptors (Lipinski definition) is 3. The van der Waals surface area contributed by atoms with E-state index in [1.54, 1.807) is 7.11 Å². The Bertz CT molecular complexity index is 383. The molecule has 0 unspecified atom stereocenters. The predicted octanol–water partition coefficient (Wildman–Crippen LogP) is 3.38. The largest absolute Gasteiger partial charge is 0.497 e. The zero-order valence-corrected chi connectivity index (χ0v) is 11.7. The number of ether oxygens (including phenoxy) is 2. The smallest absolute Gasteiger partial charge is 0.120 e. The van der Waals surface area contributed by atoms with Crippen LogP contribution < -0.4 is 4.74 Å². The lowest BCUT2D eigenvalue weighted by Crippen LogP contribution is -2.20. The molecule has 3 nitrogen and oxygen atoms in total. The van der Waals surface area contributed by atoms with Crippen LogP contribution in [0.15, 0.2) is 36.9 Å². The van der Waals surface area contributed by atoms with Crippen LogP contribution in [0.3, 0.4) is 0 Å². The van der Waals surface area contributed by atoms with E-state index in [0.717, 1.165) is 24.0 Å². The number of carbonyl (C=O) groups excluding carboxylic acids is 1. The molecule has 0 heterocycles. The van der Waals surface area contributed by atoms with E-state index in [1.807, 2.05) is 30.3 Å². The minimum Gasteiger partial charge on any atom is -0.497 e. The van der Waals surface area contributed by atoms with Gasteiger partial charge >= 0.3 is 0 Å². The second-order valence-electron chi connectivity index (χ2n) is 4.54. The molecule has 1 aromatic carbocycles. The standard InChI is InChI=1S/C16H22O3/c1-4-13(2)16(6-5-11-17)19-12-14-7-9-15(18-3)10-8-14/h4,7-11,13,16H,1,5-6,12H2,2-3H3/t13-,16+/m1/s1. The Morgan fingerprint density at radius 2 is 2.00 bits per heavy atom. The van der Waals surface area contributed by atoms with Crippen molar-refractivity contribution in [1.29, 1.82) is 0 Å². The lowest BCUT2D eigenvalue weighted by atomic mass is 10.0. The highest BCUT2D eigenvalue weighted by molar-refractivity contribution is 5.49. The summed E-state index contributed by atoms with van der Waals surface area (Å²) >= 11 is 0. The van der Waals surface area contributed by atoms with Gasteiger partial charge in [-0.05, 0) is 30.0 Å². The van der Waals surface area contributed by atoms with Gasteiger partial charge in [0.15, 0.2) is 0 Å². The van der Waals surface area contributed by atoms with Gasteiger partial charge in [0.2, 0.25) is 0 Å². The van der Waals surface area contributed by atoms with E-state index >= 15 is 0 Å². The van der Waals surface area contributed by atoms with Crippen molar-refractivity contribution >= 4 is 6.29 Å². The highest BCUT2D eigenvalue weighted by Gasteiger charge is 2.14. The third kappa shape index (κ3) is 5.26. The summed E-state index contributed by atoms with van der Waals surface area (Å²) in [7, 11) is 1.65. The molecule has 0 N–H and O–H groups in total. The summed E-state index contributed by atoms with van der Waals surface area (Å²) in [6.45, 7) is 6.37. The molecule has 0 spiro atoms. The first-order valence-corrected chi connectivity index (χ1v) is 6.52. The molecular weight excluding hydrogens is 240 g/mol. The summed E-state index contributed by atoms with van der Waals surface area (Å²) < 4.78 is 11.0. The summed E-state index contributed by atoms with van der Waals surface area (Å²) in [4.78, 5) is 10.5. The van der Waals surface area contributed by atoms with Crippen LogP contribution in [0.2, 0.25) is 0 Å². The molecule has 0 radical (unpaired) electrons. The molecule has 0 aliphatic carbocycles. The maximum Gasteiger partial charge on any atom is 0.120 e. The molecule has 0 saturated carbocycles. The van der Waals surface area contributed by atoms with E-state index in [9.17, 15) is 4.79 Å². The first-order valence-electron chi connectivity index (χ1n) is 6.52. The molecule has 0 fully saturated rings. The summed E-state index contributed by atoms with van der Waals surface area (Å²) in [6, 6.07) is 7.79. The Morgan fingerprint density at radius 1 is 1.32 bits per heavy atom. The van der Waals surface area contributed by atoms with E-state index in [0.29, 0.717) is 13.0 Å². The SMILES string of the molecule is C=C[C@@H](C)[C@H](CCC=O)OCc1ccc(OC)cc1. The van der Waals surface area contributed by atoms with Crippen molar-refractivity contribution in [2.75, 3.05) is 7.11 Å². The van der Waals surface area contributed by atoms with Crippen LogP contribution in [0.1, 0.15) is 25.3 Å². The quantitative estimate of drug-likeness (QED) is 0.505. The first kappa shape index (κ1) is 15.4. The summed E-state index contributed by atoms with van der Waals surface area (Å²) in [5, 5.41) is 0. The fraction of sp³-hybridized carbons (Fsp3) is 0.438. The van der Waals surface area contributed by atoms with Crippen molar-refractivity contribution in [3.8, 4) is 5.75 Å². The summed E-state index contributed by atoms with van der Waals surface area (Å²) in [5.41, 5.74) is 1.09. The number of aldehydes is 1. The lowest BCUT2D eigenvalue weighted by molar-refractivity contribution is -0.108. The Labute approximate surface area is 115 Å². The molecule has 0 bridgehead atoms. The fourth-order valence-electron chi connectivity index (χ4n) is 1.81. The second-order valence-corrected chi connectivity index (χ2v) is 4.54. The van der Waals surface area contributed by atoms with Crippen LogP contribution in [0.25, 0.3) is 0 Å². The van der Waals surface area contributed by atoms with Gasteiger partial charge in [-0.1, -0.05) is 25.1 Å². The van der Waals surface area contributed by atoms with Gasteiger partial charge in [-0.15, -0.1) is 6.58 Å². The molecule has 3 heteroatoms. The third-order valence-electron chi connectivity index (χ3n) is 3.15. The number of methoxy groups -OCH3 is 1. The average Bonchev–Trinajstić information content (AvgIpc) is 2.47. The molecule has 1 aromatic rings. The highest BCUT2D eigenvalue weighted by atomic mass is 16.5. The van der Waals surface area contributed by atoms with Gasteiger partial charge < -0.3 is 14.3 Å². The average molecular weight is 262 g/mol. The third-order valence-corrected chi connectivity index (χ3v) is 3.15. The van der Waals surface area contributed by atoms with Crippen LogP contribution in [-0.2, 0) is 16.1 Å². The van der Waals surface area contributed by atoms with Crippen LogP contribution >= 0.6 is 0 Å². The molecule has 1 rings (SSSR count). The normalized spacial score (nSPS) is 13.6. The number of hydrogen-bond donors (Lipinski definition) is 0. The van der Waals surface area contributed by atoms with Crippen molar-refractivity contribution in [2.24, 2.45) is 5.92 Å². The number of rotatable bonds is 9.